The molecule has 0 spiro atoms. The molecule has 1 saturated heterocycles. The number of sulfone groups is 1. The van der Waals surface area contributed by atoms with Gasteiger partial charge in [-0.15, -0.1) is 0 Å². The Morgan fingerprint density at radius 1 is 1.53 bits per heavy atom. The van der Waals surface area contributed by atoms with E-state index in [0.29, 0.717) is 13.1 Å². The summed E-state index contributed by atoms with van der Waals surface area (Å²) in [6.07, 6.45) is 3.06. The Labute approximate surface area is 90.5 Å². The largest absolute Gasteiger partial charge is 0.341 e. The molecule has 1 heterocycles. The van der Waals surface area contributed by atoms with Gasteiger partial charge in [0.15, 0.2) is 0 Å². The monoisotopic (exact) mass is 234 g/mol. The highest BCUT2D eigenvalue weighted by Gasteiger charge is 2.21. The molecule has 1 fully saturated rings. The van der Waals surface area contributed by atoms with E-state index in [9.17, 15) is 13.2 Å². The quantitative estimate of drug-likeness (QED) is 0.705. The van der Waals surface area contributed by atoms with Gasteiger partial charge in [0.05, 0.1) is 5.75 Å². The molecule has 0 aliphatic carbocycles. The van der Waals surface area contributed by atoms with E-state index in [0.717, 1.165) is 19.1 Å². The van der Waals surface area contributed by atoms with Crippen LogP contribution in [0.4, 0.5) is 0 Å². The molecule has 6 heteroatoms. The lowest BCUT2D eigenvalue weighted by Crippen LogP contribution is -2.46. The van der Waals surface area contributed by atoms with Gasteiger partial charge in [0.2, 0.25) is 5.91 Å². The third kappa shape index (κ3) is 4.61. The molecule has 0 saturated carbocycles. The van der Waals surface area contributed by atoms with E-state index >= 15 is 0 Å². The van der Waals surface area contributed by atoms with Crippen LogP contribution in [-0.2, 0) is 14.6 Å². The van der Waals surface area contributed by atoms with Crippen molar-refractivity contribution in [3.05, 3.63) is 0 Å². The number of likely N-dealkylation sites (tertiary alicyclic amines) is 1. The molecule has 0 radical (unpaired) electrons. The minimum Gasteiger partial charge on any atom is -0.341 e. The molecule has 1 aliphatic rings. The summed E-state index contributed by atoms with van der Waals surface area (Å²) < 4.78 is 21.8. The predicted molar refractivity (Wildman–Crippen MR) is 58.1 cm³/mol. The number of hydrogen-bond donors (Lipinski definition) is 1. The summed E-state index contributed by atoms with van der Waals surface area (Å²) >= 11 is 0. The van der Waals surface area contributed by atoms with Gasteiger partial charge in [0.25, 0.3) is 0 Å². The molecular formula is C9H18N2O3S. The van der Waals surface area contributed by atoms with Crippen molar-refractivity contribution in [2.45, 2.75) is 25.3 Å². The van der Waals surface area contributed by atoms with Gasteiger partial charge in [-0.2, -0.15) is 0 Å². The van der Waals surface area contributed by atoms with Crippen LogP contribution in [0.2, 0.25) is 0 Å². The third-order valence-corrected chi connectivity index (χ3v) is 3.44. The fourth-order valence-corrected chi connectivity index (χ4v) is 2.21. The zero-order valence-corrected chi connectivity index (χ0v) is 9.79. The van der Waals surface area contributed by atoms with Gasteiger partial charge in [0.1, 0.15) is 9.84 Å². The van der Waals surface area contributed by atoms with Gasteiger partial charge in [0, 0.05) is 31.8 Å². The second kappa shape index (κ2) is 4.94. The van der Waals surface area contributed by atoms with Gasteiger partial charge < -0.3 is 10.6 Å². The highest BCUT2D eigenvalue weighted by molar-refractivity contribution is 7.90. The molecule has 0 aromatic heterocycles. The van der Waals surface area contributed by atoms with Crippen molar-refractivity contribution in [2.75, 3.05) is 25.1 Å². The van der Waals surface area contributed by atoms with Crippen LogP contribution in [0.25, 0.3) is 0 Å². The van der Waals surface area contributed by atoms with Crippen LogP contribution < -0.4 is 5.73 Å². The first kappa shape index (κ1) is 12.4. The third-order valence-electron chi connectivity index (χ3n) is 2.50. The van der Waals surface area contributed by atoms with Crippen LogP contribution in [0, 0.1) is 0 Å². The highest BCUT2D eigenvalue weighted by atomic mass is 32.2. The fraction of sp³-hybridized carbons (Fsp3) is 0.889. The SMILES string of the molecule is CS(=O)(=O)CCC(=O)N1CCCC(N)C1. The zero-order chi connectivity index (χ0) is 11.5. The average Bonchev–Trinajstić information content (AvgIpc) is 2.13. The topological polar surface area (TPSA) is 80.5 Å². The molecule has 15 heavy (non-hydrogen) atoms. The van der Waals surface area contributed by atoms with Crippen LogP contribution >= 0.6 is 0 Å². The standard InChI is InChI=1S/C9H18N2O3S/c1-15(13,14)6-4-9(12)11-5-2-3-8(10)7-11/h8H,2-7,10H2,1H3. The summed E-state index contributed by atoms with van der Waals surface area (Å²) in [7, 11) is -3.05. The molecule has 88 valence electrons. The summed E-state index contributed by atoms with van der Waals surface area (Å²) in [5.74, 6) is -0.173. The molecule has 1 unspecified atom stereocenters. The Hall–Kier alpha value is -0.620. The number of carbonyl (C=O) groups is 1. The van der Waals surface area contributed by atoms with Gasteiger partial charge in [-0.05, 0) is 12.8 Å². The summed E-state index contributed by atoms with van der Waals surface area (Å²) in [4.78, 5) is 13.3. The van der Waals surface area contributed by atoms with E-state index in [1.807, 2.05) is 0 Å². The number of rotatable bonds is 3. The van der Waals surface area contributed by atoms with Crippen molar-refractivity contribution in [2.24, 2.45) is 5.73 Å². The normalized spacial score (nSPS) is 22.8. The van der Waals surface area contributed by atoms with Crippen LogP contribution in [0.15, 0.2) is 0 Å². The first-order chi connectivity index (χ1) is 6.88. The summed E-state index contributed by atoms with van der Waals surface area (Å²) in [6.45, 7) is 1.26. The first-order valence-corrected chi connectivity index (χ1v) is 7.15. The molecular weight excluding hydrogens is 216 g/mol. The van der Waals surface area contributed by atoms with Crippen LogP contribution in [0.5, 0.6) is 0 Å². The Morgan fingerprint density at radius 2 is 2.20 bits per heavy atom. The lowest BCUT2D eigenvalue weighted by molar-refractivity contribution is -0.131. The van der Waals surface area contributed by atoms with Crippen molar-refractivity contribution in [1.29, 1.82) is 0 Å². The number of piperidine rings is 1. The summed E-state index contributed by atoms with van der Waals surface area (Å²) in [5, 5.41) is 0. The van der Waals surface area contributed by atoms with Crippen molar-refractivity contribution in [3.63, 3.8) is 0 Å². The Bertz CT molecular complexity index is 326. The van der Waals surface area contributed by atoms with E-state index in [1.54, 1.807) is 4.90 Å². The van der Waals surface area contributed by atoms with Gasteiger partial charge in [-0.3, -0.25) is 4.79 Å². The Morgan fingerprint density at radius 3 is 2.73 bits per heavy atom. The minimum absolute atomic E-state index is 0.0425. The minimum atomic E-state index is -3.05. The predicted octanol–water partition coefficient (Wildman–Crippen LogP) is -0.629. The summed E-state index contributed by atoms with van der Waals surface area (Å²) in [5.41, 5.74) is 5.73. The van der Waals surface area contributed by atoms with E-state index in [4.69, 9.17) is 5.73 Å². The van der Waals surface area contributed by atoms with Crippen LogP contribution in [0.1, 0.15) is 19.3 Å². The lowest BCUT2D eigenvalue weighted by atomic mass is 10.1. The van der Waals surface area contributed by atoms with E-state index in [-0.39, 0.29) is 24.1 Å². The average molecular weight is 234 g/mol. The fourth-order valence-electron chi connectivity index (χ4n) is 1.67. The summed E-state index contributed by atoms with van der Waals surface area (Å²) in [6, 6.07) is 0.0425. The number of nitrogens with two attached hydrogens (primary N) is 1. The Balaban J connectivity index is 2.40. The second-order valence-corrected chi connectivity index (χ2v) is 6.38. The second-order valence-electron chi connectivity index (χ2n) is 4.12. The van der Waals surface area contributed by atoms with Crippen molar-refractivity contribution < 1.29 is 13.2 Å². The zero-order valence-electron chi connectivity index (χ0n) is 8.98. The van der Waals surface area contributed by atoms with Gasteiger partial charge in [-0.25, -0.2) is 8.42 Å². The van der Waals surface area contributed by atoms with Crippen molar-refractivity contribution >= 4 is 15.7 Å². The van der Waals surface area contributed by atoms with E-state index in [1.165, 1.54) is 0 Å². The molecule has 0 aromatic carbocycles. The molecule has 0 aromatic rings. The Kier molecular flexibility index (Phi) is 4.10. The van der Waals surface area contributed by atoms with Gasteiger partial charge in [-0.1, -0.05) is 0 Å². The first-order valence-electron chi connectivity index (χ1n) is 5.09. The lowest BCUT2D eigenvalue weighted by Gasteiger charge is -2.30. The molecule has 0 bridgehead atoms. The number of amides is 1. The van der Waals surface area contributed by atoms with Gasteiger partial charge >= 0.3 is 0 Å². The molecule has 5 nitrogen and oxygen atoms in total. The molecule has 1 amide bonds. The van der Waals surface area contributed by atoms with Crippen LogP contribution in [-0.4, -0.2) is 50.4 Å². The van der Waals surface area contributed by atoms with Crippen molar-refractivity contribution in [3.8, 4) is 0 Å². The maximum absolute atomic E-state index is 11.6. The smallest absolute Gasteiger partial charge is 0.223 e. The number of hydrogen-bond acceptors (Lipinski definition) is 4. The van der Waals surface area contributed by atoms with Crippen LogP contribution in [0.3, 0.4) is 0 Å². The molecule has 2 N–H and O–H groups in total. The molecule has 1 aliphatic heterocycles. The highest BCUT2D eigenvalue weighted by Crippen LogP contribution is 2.09. The van der Waals surface area contributed by atoms with E-state index < -0.39 is 9.84 Å². The van der Waals surface area contributed by atoms with E-state index in [2.05, 4.69) is 0 Å². The maximum atomic E-state index is 11.6. The molecule has 1 atom stereocenters. The number of carbonyl (C=O) groups excluding carboxylic acids is 1. The molecule has 1 rings (SSSR count). The van der Waals surface area contributed by atoms with Crippen molar-refractivity contribution in [1.82, 2.24) is 4.90 Å². The maximum Gasteiger partial charge on any atom is 0.223 e. The number of nitrogens with zero attached hydrogens (tertiary/aromatic N) is 1.